The van der Waals surface area contributed by atoms with Crippen LogP contribution in [-0.4, -0.2) is 11.7 Å². The minimum absolute atomic E-state index is 0.342. The Kier molecular flexibility index (Phi) is 6.43. The molecule has 0 aromatic carbocycles. The molecule has 0 fully saturated rings. The van der Waals surface area contributed by atoms with E-state index in [-0.39, 0.29) is 0 Å². The van der Waals surface area contributed by atoms with Gasteiger partial charge in [0.1, 0.15) is 0 Å². The maximum absolute atomic E-state index is 8.79. The molecule has 0 bridgehead atoms. The molecule has 0 spiro atoms. The fraction of sp³-hybridized carbons (Fsp3) is 1.00. The minimum Gasteiger partial charge on any atom is -0.396 e. The lowest BCUT2D eigenvalue weighted by Gasteiger charge is -2.24. The fourth-order valence-corrected chi connectivity index (χ4v) is 2.08. The molecule has 0 aromatic rings. The third kappa shape index (κ3) is 8.55. The number of hydrogen-bond donors (Lipinski definition) is 1. The average molecular weight is 200 g/mol. The zero-order valence-electron chi connectivity index (χ0n) is 10.6. The van der Waals surface area contributed by atoms with E-state index in [0.29, 0.717) is 17.9 Å². The second kappa shape index (κ2) is 6.44. The highest BCUT2D eigenvalue weighted by Crippen LogP contribution is 2.27. The zero-order chi connectivity index (χ0) is 11.2. The Morgan fingerprint density at radius 3 is 1.86 bits per heavy atom. The van der Waals surface area contributed by atoms with Crippen molar-refractivity contribution in [2.75, 3.05) is 6.61 Å². The molecule has 0 saturated carbocycles. The summed E-state index contributed by atoms with van der Waals surface area (Å²) in [6.45, 7) is 11.8. The second-order valence-corrected chi connectivity index (χ2v) is 6.06. The molecule has 0 amide bonds. The number of rotatable bonds is 6. The Hall–Kier alpha value is -0.0400. The van der Waals surface area contributed by atoms with Gasteiger partial charge >= 0.3 is 0 Å². The van der Waals surface area contributed by atoms with Gasteiger partial charge < -0.3 is 5.11 Å². The maximum Gasteiger partial charge on any atom is 0.0433 e. The van der Waals surface area contributed by atoms with Crippen molar-refractivity contribution in [2.24, 2.45) is 17.3 Å². The largest absolute Gasteiger partial charge is 0.396 e. The topological polar surface area (TPSA) is 20.2 Å². The first kappa shape index (κ1) is 14.0. The highest BCUT2D eigenvalue weighted by Gasteiger charge is 2.15. The Morgan fingerprint density at radius 2 is 1.43 bits per heavy atom. The summed E-state index contributed by atoms with van der Waals surface area (Å²) in [5.41, 5.74) is 0.458. The Bertz CT molecular complexity index is 135. The molecule has 2 atom stereocenters. The smallest absolute Gasteiger partial charge is 0.0433 e. The van der Waals surface area contributed by atoms with Crippen LogP contribution in [0.1, 0.15) is 60.3 Å². The molecule has 0 saturated heterocycles. The van der Waals surface area contributed by atoms with E-state index < -0.39 is 0 Å². The van der Waals surface area contributed by atoms with Gasteiger partial charge in [-0.15, -0.1) is 0 Å². The van der Waals surface area contributed by atoms with Crippen LogP contribution in [0.4, 0.5) is 0 Å². The Labute approximate surface area is 89.9 Å². The zero-order valence-corrected chi connectivity index (χ0v) is 10.6. The molecule has 1 nitrogen and oxygen atoms in total. The van der Waals surface area contributed by atoms with Crippen LogP contribution in [-0.2, 0) is 0 Å². The maximum atomic E-state index is 8.79. The summed E-state index contributed by atoms with van der Waals surface area (Å²) in [5, 5.41) is 8.79. The number of aliphatic hydroxyl groups excluding tert-OH is 1. The Balaban J connectivity index is 3.58. The summed E-state index contributed by atoms with van der Waals surface area (Å²) in [5.74, 6) is 1.50. The Morgan fingerprint density at radius 1 is 0.929 bits per heavy atom. The molecule has 0 aliphatic rings. The van der Waals surface area contributed by atoms with Gasteiger partial charge in [-0.25, -0.2) is 0 Å². The summed E-state index contributed by atoms with van der Waals surface area (Å²) in [4.78, 5) is 0. The van der Waals surface area contributed by atoms with Crippen LogP contribution in [0.25, 0.3) is 0 Å². The molecule has 0 aliphatic heterocycles. The van der Waals surface area contributed by atoms with Gasteiger partial charge in [-0.2, -0.15) is 0 Å². The van der Waals surface area contributed by atoms with E-state index in [4.69, 9.17) is 5.11 Å². The van der Waals surface area contributed by atoms with Gasteiger partial charge in [0, 0.05) is 6.61 Å². The van der Waals surface area contributed by atoms with E-state index in [1.54, 1.807) is 0 Å². The van der Waals surface area contributed by atoms with Crippen LogP contribution < -0.4 is 0 Å². The highest BCUT2D eigenvalue weighted by atomic mass is 16.3. The second-order valence-electron chi connectivity index (χ2n) is 6.06. The lowest BCUT2D eigenvalue weighted by molar-refractivity contribution is 0.242. The molecule has 0 aliphatic carbocycles. The summed E-state index contributed by atoms with van der Waals surface area (Å²) in [7, 11) is 0. The molecule has 2 unspecified atom stereocenters. The van der Waals surface area contributed by atoms with Gasteiger partial charge in [0.2, 0.25) is 0 Å². The van der Waals surface area contributed by atoms with Gasteiger partial charge in [-0.3, -0.25) is 0 Å². The van der Waals surface area contributed by atoms with Crippen molar-refractivity contribution in [1.29, 1.82) is 0 Å². The van der Waals surface area contributed by atoms with Crippen LogP contribution in [0, 0.1) is 17.3 Å². The van der Waals surface area contributed by atoms with Crippen molar-refractivity contribution >= 4 is 0 Å². The minimum atomic E-state index is 0.342. The predicted molar refractivity (Wildman–Crippen MR) is 63.3 cm³/mol. The molecule has 1 N–H and O–H groups in total. The van der Waals surface area contributed by atoms with Crippen LogP contribution in [0.15, 0.2) is 0 Å². The van der Waals surface area contributed by atoms with Crippen molar-refractivity contribution in [1.82, 2.24) is 0 Å². The standard InChI is InChI=1S/C13H28O/c1-11(8-9-14)6-7-12(2)10-13(3,4)5/h11-12,14H,6-10H2,1-5H3. The summed E-state index contributed by atoms with van der Waals surface area (Å²) < 4.78 is 0. The molecule has 1 heteroatoms. The molecule has 0 rings (SSSR count). The van der Waals surface area contributed by atoms with Crippen LogP contribution >= 0.6 is 0 Å². The lowest BCUT2D eigenvalue weighted by atomic mass is 9.82. The van der Waals surface area contributed by atoms with E-state index in [0.717, 1.165) is 12.3 Å². The molecule has 0 heterocycles. The SMILES string of the molecule is CC(CCO)CCC(C)CC(C)(C)C. The first-order valence-corrected chi connectivity index (χ1v) is 5.96. The quantitative estimate of drug-likeness (QED) is 0.690. The summed E-state index contributed by atoms with van der Waals surface area (Å²) in [6, 6.07) is 0. The fourth-order valence-electron chi connectivity index (χ4n) is 2.08. The normalized spacial score (nSPS) is 16.7. The van der Waals surface area contributed by atoms with Crippen LogP contribution in [0.5, 0.6) is 0 Å². The van der Waals surface area contributed by atoms with Gasteiger partial charge in [0.15, 0.2) is 0 Å². The summed E-state index contributed by atoms with van der Waals surface area (Å²) >= 11 is 0. The third-order valence-electron chi connectivity index (χ3n) is 2.73. The first-order valence-electron chi connectivity index (χ1n) is 5.96. The lowest BCUT2D eigenvalue weighted by Crippen LogP contribution is -2.12. The van der Waals surface area contributed by atoms with E-state index in [2.05, 4.69) is 34.6 Å². The van der Waals surface area contributed by atoms with E-state index in [1.807, 2.05) is 0 Å². The van der Waals surface area contributed by atoms with Crippen molar-refractivity contribution < 1.29 is 5.11 Å². The summed E-state index contributed by atoms with van der Waals surface area (Å²) in [6.07, 6.45) is 4.83. The third-order valence-corrected chi connectivity index (χ3v) is 2.73. The molecule has 0 aromatic heterocycles. The van der Waals surface area contributed by atoms with E-state index >= 15 is 0 Å². The number of hydrogen-bond acceptors (Lipinski definition) is 1. The van der Waals surface area contributed by atoms with Crippen molar-refractivity contribution in [3.05, 3.63) is 0 Å². The van der Waals surface area contributed by atoms with Crippen molar-refractivity contribution in [3.63, 3.8) is 0 Å². The van der Waals surface area contributed by atoms with Crippen LogP contribution in [0.3, 0.4) is 0 Å². The molecular weight excluding hydrogens is 172 g/mol. The van der Waals surface area contributed by atoms with Gasteiger partial charge in [-0.1, -0.05) is 47.5 Å². The molecule has 14 heavy (non-hydrogen) atoms. The van der Waals surface area contributed by atoms with Gasteiger partial charge in [0.05, 0.1) is 0 Å². The number of aliphatic hydroxyl groups is 1. The molecular formula is C13H28O. The first-order chi connectivity index (χ1) is 6.35. The molecule has 0 radical (unpaired) electrons. The van der Waals surface area contributed by atoms with E-state index in [1.165, 1.54) is 19.3 Å². The van der Waals surface area contributed by atoms with Crippen molar-refractivity contribution in [2.45, 2.75) is 60.3 Å². The monoisotopic (exact) mass is 200 g/mol. The molecule has 86 valence electrons. The van der Waals surface area contributed by atoms with Crippen molar-refractivity contribution in [3.8, 4) is 0 Å². The van der Waals surface area contributed by atoms with E-state index in [9.17, 15) is 0 Å². The van der Waals surface area contributed by atoms with Gasteiger partial charge in [0.25, 0.3) is 0 Å². The van der Waals surface area contributed by atoms with Crippen LogP contribution in [0.2, 0.25) is 0 Å². The predicted octanol–water partition coefficient (Wildman–Crippen LogP) is 3.86. The average Bonchev–Trinajstić information content (AvgIpc) is 1.98. The van der Waals surface area contributed by atoms with Gasteiger partial charge in [-0.05, 0) is 30.1 Å². The highest BCUT2D eigenvalue weighted by molar-refractivity contribution is 4.67.